The van der Waals surface area contributed by atoms with Crippen LogP contribution in [0.4, 0.5) is 0 Å². The van der Waals surface area contributed by atoms with Crippen molar-refractivity contribution in [2.75, 3.05) is 6.61 Å². The fourth-order valence-electron chi connectivity index (χ4n) is 2.71. The SMILES string of the molecule is C=Cc1ccc(OCC(=O)C(=O)OC2(CC)CCCC2)cc1. The second-order valence-corrected chi connectivity index (χ2v) is 5.62. The lowest BCUT2D eigenvalue weighted by atomic mass is 9.99. The van der Waals surface area contributed by atoms with Gasteiger partial charge in [0.05, 0.1) is 0 Å². The third kappa shape index (κ3) is 3.97. The van der Waals surface area contributed by atoms with Gasteiger partial charge >= 0.3 is 5.97 Å². The first-order chi connectivity index (χ1) is 10.6. The maximum Gasteiger partial charge on any atom is 0.378 e. The van der Waals surface area contributed by atoms with Crippen LogP contribution in [0.25, 0.3) is 6.08 Å². The van der Waals surface area contributed by atoms with Gasteiger partial charge in [-0.1, -0.05) is 31.7 Å². The van der Waals surface area contributed by atoms with Gasteiger partial charge in [-0.25, -0.2) is 4.79 Å². The van der Waals surface area contributed by atoms with Gasteiger partial charge in [-0.05, 0) is 49.8 Å². The molecule has 0 saturated heterocycles. The summed E-state index contributed by atoms with van der Waals surface area (Å²) in [5.74, 6) is -0.892. The molecule has 0 aromatic heterocycles. The first-order valence-electron chi connectivity index (χ1n) is 7.70. The van der Waals surface area contributed by atoms with E-state index in [1.54, 1.807) is 18.2 Å². The molecular formula is C18H22O4. The van der Waals surface area contributed by atoms with Crippen molar-refractivity contribution in [2.45, 2.75) is 44.6 Å². The van der Waals surface area contributed by atoms with E-state index in [1.807, 2.05) is 19.1 Å². The third-order valence-corrected chi connectivity index (χ3v) is 4.18. The average Bonchev–Trinajstić information content (AvgIpc) is 3.02. The van der Waals surface area contributed by atoms with Gasteiger partial charge in [0.2, 0.25) is 0 Å². The Kier molecular flexibility index (Phi) is 5.36. The molecule has 1 aliphatic rings. The first kappa shape index (κ1) is 16.3. The Morgan fingerprint density at radius 1 is 1.23 bits per heavy atom. The van der Waals surface area contributed by atoms with Crippen LogP contribution in [-0.4, -0.2) is 24.0 Å². The second kappa shape index (κ2) is 7.25. The van der Waals surface area contributed by atoms with E-state index in [0.29, 0.717) is 5.75 Å². The normalized spacial score (nSPS) is 16.0. The van der Waals surface area contributed by atoms with Crippen LogP contribution in [0.1, 0.15) is 44.6 Å². The van der Waals surface area contributed by atoms with E-state index in [0.717, 1.165) is 37.7 Å². The number of esters is 1. The zero-order chi connectivity index (χ0) is 16.0. The first-order valence-corrected chi connectivity index (χ1v) is 7.70. The van der Waals surface area contributed by atoms with Gasteiger partial charge in [-0.3, -0.25) is 4.79 Å². The highest BCUT2D eigenvalue weighted by atomic mass is 16.6. The fraction of sp³-hybridized carbons (Fsp3) is 0.444. The molecular weight excluding hydrogens is 280 g/mol. The van der Waals surface area contributed by atoms with E-state index in [9.17, 15) is 9.59 Å². The largest absolute Gasteiger partial charge is 0.485 e. The smallest absolute Gasteiger partial charge is 0.378 e. The van der Waals surface area contributed by atoms with Crippen LogP contribution in [0.15, 0.2) is 30.8 Å². The van der Waals surface area contributed by atoms with Crippen molar-refractivity contribution < 1.29 is 19.1 Å². The van der Waals surface area contributed by atoms with Crippen LogP contribution in [0.3, 0.4) is 0 Å². The highest BCUT2D eigenvalue weighted by Gasteiger charge is 2.37. The zero-order valence-electron chi connectivity index (χ0n) is 13.0. The molecule has 0 spiro atoms. The highest BCUT2D eigenvalue weighted by molar-refractivity contribution is 6.34. The van der Waals surface area contributed by atoms with Crippen molar-refractivity contribution in [3.8, 4) is 5.75 Å². The van der Waals surface area contributed by atoms with Gasteiger partial charge in [0.1, 0.15) is 11.4 Å². The van der Waals surface area contributed by atoms with Crippen molar-refractivity contribution >= 4 is 17.8 Å². The number of hydrogen-bond acceptors (Lipinski definition) is 4. The monoisotopic (exact) mass is 302 g/mol. The maximum atomic E-state index is 11.9. The summed E-state index contributed by atoms with van der Waals surface area (Å²) in [6.07, 6.45) is 6.23. The Morgan fingerprint density at radius 3 is 2.41 bits per heavy atom. The van der Waals surface area contributed by atoms with E-state index >= 15 is 0 Å². The quantitative estimate of drug-likeness (QED) is 0.571. The number of ether oxygens (including phenoxy) is 2. The molecule has 0 N–H and O–H groups in total. The maximum absolute atomic E-state index is 11.9. The van der Waals surface area contributed by atoms with E-state index in [1.165, 1.54) is 0 Å². The Labute approximate surface area is 131 Å². The fourth-order valence-corrected chi connectivity index (χ4v) is 2.71. The van der Waals surface area contributed by atoms with Gasteiger partial charge in [-0.15, -0.1) is 0 Å². The lowest BCUT2D eigenvalue weighted by molar-refractivity contribution is -0.167. The molecule has 118 valence electrons. The minimum absolute atomic E-state index is 0.300. The van der Waals surface area contributed by atoms with Crippen molar-refractivity contribution in [3.05, 3.63) is 36.4 Å². The Morgan fingerprint density at radius 2 is 1.86 bits per heavy atom. The number of hydrogen-bond donors (Lipinski definition) is 0. The Bertz CT molecular complexity index is 539. The second-order valence-electron chi connectivity index (χ2n) is 5.62. The predicted molar refractivity (Wildman–Crippen MR) is 84.6 cm³/mol. The van der Waals surface area contributed by atoms with Crippen LogP contribution in [-0.2, 0) is 14.3 Å². The zero-order valence-corrected chi connectivity index (χ0v) is 13.0. The summed E-state index contributed by atoms with van der Waals surface area (Å²) in [4.78, 5) is 23.8. The molecule has 4 nitrogen and oxygen atoms in total. The predicted octanol–water partition coefficient (Wildman–Crippen LogP) is 3.54. The standard InChI is InChI=1S/C18H22O4/c1-3-14-7-9-15(10-8-14)21-13-16(19)17(20)22-18(4-2)11-5-6-12-18/h3,7-10H,1,4-6,11-13H2,2H3. The molecule has 0 amide bonds. The summed E-state index contributed by atoms with van der Waals surface area (Å²) in [5, 5.41) is 0. The number of carbonyl (C=O) groups is 2. The molecule has 4 heteroatoms. The molecule has 22 heavy (non-hydrogen) atoms. The molecule has 0 heterocycles. The highest BCUT2D eigenvalue weighted by Crippen LogP contribution is 2.36. The molecule has 1 aliphatic carbocycles. The molecule has 1 aromatic carbocycles. The topological polar surface area (TPSA) is 52.6 Å². The van der Waals surface area contributed by atoms with E-state index in [-0.39, 0.29) is 6.61 Å². The average molecular weight is 302 g/mol. The van der Waals surface area contributed by atoms with Gasteiger partial charge in [0.15, 0.2) is 6.61 Å². The molecule has 0 aliphatic heterocycles. The number of carbonyl (C=O) groups excluding carboxylic acids is 2. The van der Waals surface area contributed by atoms with Crippen molar-refractivity contribution in [1.29, 1.82) is 0 Å². The lowest BCUT2D eigenvalue weighted by Gasteiger charge is -2.27. The summed E-state index contributed by atoms with van der Waals surface area (Å²) >= 11 is 0. The molecule has 0 bridgehead atoms. The van der Waals surface area contributed by atoms with E-state index < -0.39 is 17.4 Å². The Hall–Kier alpha value is -2.10. The van der Waals surface area contributed by atoms with Crippen molar-refractivity contribution in [3.63, 3.8) is 0 Å². The number of ketones is 1. The van der Waals surface area contributed by atoms with Crippen LogP contribution < -0.4 is 4.74 Å². The summed E-state index contributed by atoms with van der Waals surface area (Å²) in [7, 11) is 0. The Balaban J connectivity index is 1.85. The number of Topliss-reactive ketones (excluding diaryl/α,β-unsaturated/α-hetero) is 1. The summed E-state index contributed by atoms with van der Waals surface area (Å²) < 4.78 is 10.8. The minimum atomic E-state index is -0.786. The molecule has 2 rings (SSSR count). The van der Waals surface area contributed by atoms with Gasteiger partial charge < -0.3 is 9.47 Å². The van der Waals surface area contributed by atoms with E-state index in [4.69, 9.17) is 9.47 Å². The van der Waals surface area contributed by atoms with Crippen LogP contribution in [0.5, 0.6) is 5.75 Å². The molecule has 1 aromatic rings. The summed E-state index contributed by atoms with van der Waals surface area (Å²) in [6.45, 7) is 5.35. The number of rotatable bonds is 7. The third-order valence-electron chi connectivity index (χ3n) is 4.18. The van der Waals surface area contributed by atoms with Gasteiger partial charge in [-0.2, -0.15) is 0 Å². The van der Waals surface area contributed by atoms with Crippen LogP contribution >= 0.6 is 0 Å². The molecule has 0 atom stereocenters. The molecule has 0 radical (unpaired) electrons. The van der Waals surface area contributed by atoms with E-state index in [2.05, 4.69) is 6.58 Å². The molecule has 1 fully saturated rings. The van der Waals surface area contributed by atoms with Gasteiger partial charge in [0.25, 0.3) is 5.78 Å². The lowest BCUT2D eigenvalue weighted by Crippen LogP contribution is -2.36. The number of benzene rings is 1. The van der Waals surface area contributed by atoms with Gasteiger partial charge in [0, 0.05) is 0 Å². The minimum Gasteiger partial charge on any atom is -0.485 e. The van der Waals surface area contributed by atoms with Crippen molar-refractivity contribution in [2.24, 2.45) is 0 Å². The van der Waals surface area contributed by atoms with Crippen LogP contribution in [0, 0.1) is 0 Å². The van der Waals surface area contributed by atoms with Crippen LogP contribution in [0.2, 0.25) is 0 Å². The van der Waals surface area contributed by atoms with Crippen molar-refractivity contribution in [1.82, 2.24) is 0 Å². The molecule has 1 saturated carbocycles. The summed E-state index contributed by atoms with van der Waals surface area (Å²) in [6, 6.07) is 7.13. The molecule has 0 unspecified atom stereocenters. The summed E-state index contributed by atoms with van der Waals surface area (Å²) in [5.41, 5.74) is 0.516.